The Morgan fingerprint density at radius 3 is 1.93 bits per heavy atom. The molecule has 2 aromatic carbocycles. The Morgan fingerprint density at radius 1 is 0.933 bits per heavy atom. The van der Waals surface area contributed by atoms with Gasteiger partial charge in [-0.3, -0.25) is 4.55 Å². The number of rotatable bonds is 7. The molecule has 0 atom stereocenters. The topological polar surface area (TPSA) is 216 Å². The average molecular weight is 506 g/mol. The summed E-state index contributed by atoms with van der Waals surface area (Å²) in [4.78, 5) is 21.0. The van der Waals surface area contributed by atoms with Gasteiger partial charge in [0.25, 0.3) is 10.1 Å². The van der Waals surface area contributed by atoms with E-state index in [-0.39, 0.29) is 35.6 Å². The predicted molar refractivity (Wildman–Crippen MR) is 114 cm³/mol. The summed E-state index contributed by atoms with van der Waals surface area (Å²) in [7, 11) is -3.95. The van der Waals surface area contributed by atoms with Crippen LogP contribution in [0.1, 0.15) is 27.1 Å². The molecule has 0 unspecified atom stereocenters. The maximum atomic E-state index is 10.5. The number of carboxylic acids is 2. The zero-order valence-electron chi connectivity index (χ0n) is 15.4. The summed E-state index contributed by atoms with van der Waals surface area (Å²) in [5.74, 6) is -2.36. The van der Waals surface area contributed by atoms with Gasteiger partial charge in [-0.25, -0.2) is 9.59 Å². The first kappa shape index (κ1) is 25.0. The number of halogens is 1. The second-order valence-electron chi connectivity index (χ2n) is 5.85. The Morgan fingerprint density at radius 2 is 1.47 bits per heavy atom. The van der Waals surface area contributed by atoms with E-state index in [1.54, 1.807) is 12.1 Å². The van der Waals surface area contributed by atoms with Gasteiger partial charge in [-0.1, -0.05) is 0 Å². The molecule has 2 aromatic rings. The minimum absolute atomic E-state index is 0.123. The van der Waals surface area contributed by atoms with Crippen LogP contribution >= 0.6 is 15.9 Å². The third kappa shape index (κ3) is 8.55. The van der Waals surface area contributed by atoms with Crippen molar-refractivity contribution in [3.05, 3.63) is 45.9 Å². The highest BCUT2D eigenvalue weighted by Gasteiger charge is 2.10. The number of ether oxygens (including phenoxy) is 1. The molecule has 0 amide bonds. The van der Waals surface area contributed by atoms with Gasteiger partial charge in [0, 0.05) is 21.9 Å². The van der Waals surface area contributed by atoms with Crippen molar-refractivity contribution in [2.45, 2.75) is 6.42 Å². The first-order valence-corrected chi connectivity index (χ1v) is 10.5. The van der Waals surface area contributed by atoms with Crippen molar-refractivity contribution in [2.24, 2.45) is 0 Å². The highest BCUT2D eigenvalue weighted by Crippen LogP contribution is 2.31. The zero-order valence-corrected chi connectivity index (χ0v) is 17.8. The normalized spacial score (nSPS) is 10.6. The van der Waals surface area contributed by atoms with Gasteiger partial charge in [0.2, 0.25) is 0 Å². The molecule has 164 valence electrons. The van der Waals surface area contributed by atoms with Gasteiger partial charge in [0.1, 0.15) is 5.75 Å². The third-order valence-corrected chi connectivity index (χ3v) is 4.87. The van der Waals surface area contributed by atoms with Crippen molar-refractivity contribution in [3.63, 3.8) is 0 Å². The predicted octanol–water partition coefficient (Wildman–Crippen LogP) is 1.94. The second-order valence-corrected chi connectivity index (χ2v) is 8.28. The van der Waals surface area contributed by atoms with Crippen LogP contribution in [-0.4, -0.2) is 47.5 Å². The summed E-state index contributed by atoms with van der Waals surface area (Å²) >= 11 is 3.22. The van der Waals surface area contributed by atoms with E-state index in [0.29, 0.717) is 21.6 Å². The number of nitrogen functional groups attached to an aromatic ring is 3. The van der Waals surface area contributed by atoms with Crippen LogP contribution in [0.15, 0.2) is 34.8 Å². The van der Waals surface area contributed by atoms with Gasteiger partial charge in [-0.15, -0.1) is 0 Å². The molecule has 0 aromatic heterocycles. The number of hydrogen-bond donors (Lipinski definition) is 6. The van der Waals surface area contributed by atoms with Gasteiger partial charge in [-0.2, -0.15) is 8.42 Å². The maximum Gasteiger partial charge on any atom is 0.335 e. The Labute approximate surface area is 180 Å². The summed E-state index contributed by atoms with van der Waals surface area (Å²) in [6.07, 6.45) is 0.175. The minimum atomic E-state index is -3.95. The van der Waals surface area contributed by atoms with E-state index in [9.17, 15) is 18.0 Å². The Hall–Kier alpha value is -3.03. The van der Waals surface area contributed by atoms with Crippen LogP contribution in [0.3, 0.4) is 0 Å². The lowest BCUT2D eigenvalue weighted by atomic mass is 10.1. The standard InChI is InChI=1S/C9H13BrN2O4S.C8H7NO4/c10-6-4-8(12)9(5-7(6)11)16-2-1-3-17(13,14)15;9-6-2-4(7(10)11)1-5(3-6)8(12)13/h4-5H,1-3,11-12H2,(H,13,14,15);1-3H,9H2,(H,10,11)(H,12,13). The van der Waals surface area contributed by atoms with E-state index in [4.69, 9.17) is 36.7 Å². The Kier molecular flexibility index (Phi) is 8.89. The maximum absolute atomic E-state index is 10.5. The fourth-order valence-corrected chi connectivity index (χ4v) is 2.88. The van der Waals surface area contributed by atoms with Crippen LogP contribution in [0.4, 0.5) is 17.1 Å². The number of nitrogens with two attached hydrogens (primary N) is 3. The molecule has 0 bridgehead atoms. The van der Waals surface area contributed by atoms with E-state index >= 15 is 0 Å². The largest absolute Gasteiger partial charge is 0.491 e. The fraction of sp³-hybridized carbons (Fsp3) is 0.176. The number of hydrogen-bond acceptors (Lipinski definition) is 8. The van der Waals surface area contributed by atoms with E-state index in [1.807, 2.05) is 0 Å². The van der Waals surface area contributed by atoms with Crippen molar-refractivity contribution < 1.29 is 37.5 Å². The lowest BCUT2D eigenvalue weighted by Crippen LogP contribution is -2.09. The molecule has 0 heterocycles. The van der Waals surface area contributed by atoms with Crippen molar-refractivity contribution in [2.75, 3.05) is 29.6 Å². The molecule has 0 aliphatic heterocycles. The van der Waals surface area contributed by atoms with Crippen molar-refractivity contribution >= 4 is 55.0 Å². The van der Waals surface area contributed by atoms with Crippen LogP contribution in [0.25, 0.3) is 0 Å². The molecule has 0 spiro atoms. The summed E-state index contributed by atoms with van der Waals surface area (Å²) in [5, 5.41) is 17.1. The molecule has 11 nitrogen and oxygen atoms in total. The van der Waals surface area contributed by atoms with Crippen LogP contribution < -0.4 is 21.9 Å². The molecule has 0 saturated heterocycles. The molecule has 0 aliphatic rings. The molecule has 13 heteroatoms. The van der Waals surface area contributed by atoms with Gasteiger partial charge in [0.15, 0.2) is 0 Å². The highest BCUT2D eigenvalue weighted by molar-refractivity contribution is 9.10. The van der Waals surface area contributed by atoms with Gasteiger partial charge < -0.3 is 32.2 Å². The quantitative estimate of drug-likeness (QED) is 0.181. The highest BCUT2D eigenvalue weighted by atomic mass is 79.9. The Bertz CT molecular complexity index is 1010. The molecule has 2 rings (SSSR count). The van der Waals surface area contributed by atoms with Crippen LogP contribution in [0, 0.1) is 0 Å². The number of aromatic carboxylic acids is 2. The smallest absolute Gasteiger partial charge is 0.335 e. The Balaban J connectivity index is 0.000000311. The van der Waals surface area contributed by atoms with Gasteiger partial charge >= 0.3 is 11.9 Å². The van der Waals surface area contributed by atoms with Crippen molar-refractivity contribution in [1.29, 1.82) is 0 Å². The molecule has 0 saturated carbocycles. The monoisotopic (exact) mass is 505 g/mol. The second kappa shape index (κ2) is 10.7. The summed E-state index contributed by atoms with van der Waals surface area (Å²) in [6, 6.07) is 6.62. The van der Waals surface area contributed by atoms with Crippen molar-refractivity contribution in [1.82, 2.24) is 0 Å². The van der Waals surface area contributed by atoms with Gasteiger partial charge in [0.05, 0.1) is 29.2 Å². The first-order chi connectivity index (χ1) is 13.8. The molecule has 9 N–H and O–H groups in total. The molecule has 0 aliphatic carbocycles. The van der Waals surface area contributed by atoms with E-state index < -0.39 is 22.1 Å². The number of benzene rings is 2. The van der Waals surface area contributed by atoms with Gasteiger partial charge in [-0.05, 0) is 46.6 Å². The number of carboxylic acid groups (broad SMARTS) is 2. The van der Waals surface area contributed by atoms with E-state index in [1.165, 1.54) is 12.1 Å². The van der Waals surface area contributed by atoms with E-state index in [0.717, 1.165) is 6.07 Å². The SMILES string of the molecule is Nc1cc(C(=O)O)cc(C(=O)O)c1.Nc1cc(OCCCS(=O)(=O)O)c(N)cc1Br. The van der Waals surface area contributed by atoms with Crippen LogP contribution in [0.5, 0.6) is 5.75 Å². The summed E-state index contributed by atoms with van der Waals surface area (Å²) in [5.41, 5.74) is 17.4. The van der Waals surface area contributed by atoms with Crippen LogP contribution in [-0.2, 0) is 10.1 Å². The molecular weight excluding hydrogens is 486 g/mol. The summed E-state index contributed by atoms with van der Waals surface area (Å²) < 4.78 is 35.4. The molecular formula is C17H20BrN3O8S. The first-order valence-electron chi connectivity index (χ1n) is 8.09. The fourth-order valence-electron chi connectivity index (χ4n) is 2.03. The summed E-state index contributed by atoms with van der Waals surface area (Å²) in [6.45, 7) is 0.130. The van der Waals surface area contributed by atoms with Crippen LogP contribution in [0.2, 0.25) is 0 Å². The average Bonchev–Trinajstić information content (AvgIpc) is 2.62. The van der Waals surface area contributed by atoms with Crippen molar-refractivity contribution in [3.8, 4) is 5.75 Å². The zero-order chi connectivity index (χ0) is 23.1. The molecule has 0 fully saturated rings. The molecule has 30 heavy (non-hydrogen) atoms. The van der Waals surface area contributed by atoms with E-state index in [2.05, 4.69) is 15.9 Å². The third-order valence-electron chi connectivity index (χ3n) is 3.38. The lowest BCUT2D eigenvalue weighted by molar-refractivity contribution is 0.0696. The molecule has 0 radical (unpaired) electrons. The number of anilines is 3. The number of carbonyl (C=O) groups is 2. The lowest BCUT2D eigenvalue weighted by Gasteiger charge is -2.10. The minimum Gasteiger partial charge on any atom is -0.491 e.